The molecule has 4 rings (SSSR count). The SMILES string of the molecule is CC(=O)NCC(=O)N1CCN(Cc2ccc(-c3noc(-c4ccco4)n3)cc2)CC1. The van der Waals surface area contributed by atoms with Crippen molar-refractivity contribution in [2.45, 2.75) is 13.5 Å². The molecule has 9 nitrogen and oxygen atoms in total. The van der Waals surface area contributed by atoms with E-state index >= 15 is 0 Å². The average molecular weight is 409 g/mol. The number of nitrogens with one attached hydrogen (secondary N) is 1. The van der Waals surface area contributed by atoms with Crippen molar-refractivity contribution >= 4 is 11.8 Å². The second-order valence-electron chi connectivity index (χ2n) is 7.16. The number of amides is 2. The van der Waals surface area contributed by atoms with Crippen LogP contribution in [0.4, 0.5) is 0 Å². The first-order chi connectivity index (χ1) is 14.6. The van der Waals surface area contributed by atoms with Gasteiger partial charge in [0.15, 0.2) is 5.76 Å². The molecule has 30 heavy (non-hydrogen) atoms. The Hall–Kier alpha value is -3.46. The summed E-state index contributed by atoms with van der Waals surface area (Å²) < 4.78 is 10.5. The third kappa shape index (κ3) is 4.74. The second-order valence-corrected chi connectivity index (χ2v) is 7.16. The Kier molecular flexibility index (Phi) is 5.89. The molecule has 1 aliphatic rings. The summed E-state index contributed by atoms with van der Waals surface area (Å²) in [6.45, 7) is 5.19. The van der Waals surface area contributed by atoms with Crippen LogP contribution in [0.3, 0.4) is 0 Å². The third-order valence-electron chi connectivity index (χ3n) is 4.99. The van der Waals surface area contributed by atoms with Crippen LogP contribution in [0.15, 0.2) is 51.6 Å². The summed E-state index contributed by atoms with van der Waals surface area (Å²) in [7, 11) is 0. The summed E-state index contributed by atoms with van der Waals surface area (Å²) in [6.07, 6.45) is 1.56. The molecule has 3 heterocycles. The maximum absolute atomic E-state index is 12.1. The highest BCUT2D eigenvalue weighted by atomic mass is 16.5. The van der Waals surface area contributed by atoms with Crippen LogP contribution in [0.25, 0.3) is 23.0 Å². The van der Waals surface area contributed by atoms with Gasteiger partial charge in [0.25, 0.3) is 5.89 Å². The zero-order chi connectivity index (χ0) is 20.9. The predicted octanol–water partition coefficient (Wildman–Crippen LogP) is 1.78. The molecule has 3 aromatic rings. The number of carbonyl (C=O) groups excluding carboxylic acids is 2. The van der Waals surface area contributed by atoms with E-state index in [0.29, 0.717) is 30.6 Å². The van der Waals surface area contributed by atoms with E-state index in [4.69, 9.17) is 8.94 Å². The lowest BCUT2D eigenvalue weighted by Crippen LogP contribution is -2.50. The number of hydrogen-bond donors (Lipinski definition) is 1. The van der Waals surface area contributed by atoms with E-state index in [1.54, 1.807) is 23.3 Å². The summed E-state index contributed by atoms with van der Waals surface area (Å²) in [5, 5.41) is 6.57. The van der Waals surface area contributed by atoms with Crippen molar-refractivity contribution < 1.29 is 18.5 Å². The van der Waals surface area contributed by atoms with Gasteiger partial charge in [0, 0.05) is 45.2 Å². The molecule has 156 valence electrons. The van der Waals surface area contributed by atoms with Crippen molar-refractivity contribution in [3.63, 3.8) is 0 Å². The number of furan rings is 1. The van der Waals surface area contributed by atoms with Gasteiger partial charge in [-0.3, -0.25) is 14.5 Å². The Balaban J connectivity index is 1.29. The zero-order valence-electron chi connectivity index (χ0n) is 16.7. The minimum atomic E-state index is -0.191. The molecule has 0 saturated carbocycles. The summed E-state index contributed by atoms with van der Waals surface area (Å²) in [6, 6.07) is 11.6. The first kappa shape index (κ1) is 19.8. The van der Waals surface area contributed by atoms with Crippen molar-refractivity contribution in [1.82, 2.24) is 25.3 Å². The number of rotatable bonds is 6. The molecule has 1 fully saturated rings. The maximum atomic E-state index is 12.1. The number of nitrogens with zero attached hydrogens (tertiary/aromatic N) is 4. The van der Waals surface area contributed by atoms with Crippen molar-refractivity contribution in [2.24, 2.45) is 0 Å². The standard InChI is InChI=1S/C21H23N5O4/c1-15(27)22-13-19(28)26-10-8-25(9-11-26)14-16-4-6-17(7-5-16)20-23-21(30-24-20)18-3-2-12-29-18/h2-7,12H,8-11,13-14H2,1H3,(H,22,27). The van der Waals surface area contributed by atoms with Crippen LogP contribution in [-0.4, -0.2) is 64.5 Å². The quantitative estimate of drug-likeness (QED) is 0.662. The molecule has 1 aromatic carbocycles. The van der Waals surface area contributed by atoms with E-state index in [2.05, 4.69) is 20.4 Å². The van der Waals surface area contributed by atoms with Crippen LogP contribution < -0.4 is 5.32 Å². The smallest absolute Gasteiger partial charge is 0.293 e. The molecular weight excluding hydrogens is 386 g/mol. The van der Waals surface area contributed by atoms with Crippen molar-refractivity contribution in [2.75, 3.05) is 32.7 Å². The lowest BCUT2D eigenvalue weighted by atomic mass is 10.1. The van der Waals surface area contributed by atoms with Gasteiger partial charge in [-0.15, -0.1) is 0 Å². The molecule has 0 unspecified atom stereocenters. The second kappa shape index (κ2) is 8.91. The largest absolute Gasteiger partial charge is 0.459 e. The molecule has 0 radical (unpaired) electrons. The number of piperazine rings is 1. The molecule has 0 bridgehead atoms. The van der Waals surface area contributed by atoms with Gasteiger partial charge in [0.1, 0.15) is 0 Å². The minimum absolute atomic E-state index is 0.0387. The normalized spacial score (nSPS) is 14.6. The molecule has 1 aliphatic heterocycles. The number of aromatic nitrogens is 2. The summed E-state index contributed by atoms with van der Waals surface area (Å²) >= 11 is 0. The number of hydrogen-bond acceptors (Lipinski definition) is 7. The van der Waals surface area contributed by atoms with Gasteiger partial charge < -0.3 is 19.2 Å². The summed E-state index contributed by atoms with van der Waals surface area (Å²) in [5.74, 6) is 1.18. The van der Waals surface area contributed by atoms with Gasteiger partial charge >= 0.3 is 0 Å². The van der Waals surface area contributed by atoms with Crippen LogP contribution in [0.5, 0.6) is 0 Å². The lowest BCUT2D eigenvalue weighted by Gasteiger charge is -2.34. The topological polar surface area (TPSA) is 105 Å². The molecule has 0 atom stereocenters. The van der Waals surface area contributed by atoms with E-state index in [-0.39, 0.29) is 18.4 Å². The first-order valence-corrected chi connectivity index (χ1v) is 9.80. The van der Waals surface area contributed by atoms with Gasteiger partial charge in [0.2, 0.25) is 17.6 Å². The molecule has 1 N–H and O–H groups in total. The van der Waals surface area contributed by atoms with Gasteiger partial charge in [-0.2, -0.15) is 4.98 Å². The number of carbonyl (C=O) groups is 2. The van der Waals surface area contributed by atoms with Gasteiger partial charge in [-0.05, 0) is 17.7 Å². The van der Waals surface area contributed by atoms with E-state index in [9.17, 15) is 9.59 Å². The van der Waals surface area contributed by atoms with E-state index in [0.717, 1.165) is 25.2 Å². The van der Waals surface area contributed by atoms with Crippen molar-refractivity contribution in [3.05, 3.63) is 48.2 Å². The average Bonchev–Trinajstić information content (AvgIpc) is 3.45. The van der Waals surface area contributed by atoms with E-state index in [1.165, 1.54) is 12.5 Å². The number of benzene rings is 1. The first-order valence-electron chi connectivity index (χ1n) is 9.80. The van der Waals surface area contributed by atoms with E-state index in [1.807, 2.05) is 24.3 Å². The fourth-order valence-electron chi connectivity index (χ4n) is 3.33. The molecule has 2 amide bonds. The predicted molar refractivity (Wildman–Crippen MR) is 108 cm³/mol. The van der Waals surface area contributed by atoms with Crippen LogP contribution in [-0.2, 0) is 16.1 Å². The van der Waals surface area contributed by atoms with E-state index < -0.39 is 0 Å². The molecule has 2 aromatic heterocycles. The Morgan fingerprint density at radius 2 is 1.87 bits per heavy atom. The Morgan fingerprint density at radius 1 is 1.10 bits per heavy atom. The molecule has 9 heteroatoms. The summed E-state index contributed by atoms with van der Waals surface area (Å²) in [4.78, 5) is 31.5. The minimum Gasteiger partial charge on any atom is -0.459 e. The zero-order valence-corrected chi connectivity index (χ0v) is 16.7. The Labute approximate surface area is 173 Å². The summed E-state index contributed by atoms with van der Waals surface area (Å²) in [5.41, 5.74) is 2.04. The van der Waals surface area contributed by atoms with Crippen LogP contribution in [0, 0.1) is 0 Å². The fraction of sp³-hybridized carbons (Fsp3) is 0.333. The molecule has 0 aliphatic carbocycles. The van der Waals surface area contributed by atoms with Gasteiger partial charge in [-0.1, -0.05) is 29.4 Å². The molecule has 1 saturated heterocycles. The highest BCUT2D eigenvalue weighted by molar-refractivity contribution is 5.83. The monoisotopic (exact) mass is 409 g/mol. The van der Waals surface area contributed by atoms with Crippen LogP contribution >= 0.6 is 0 Å². The van der Waals surface area contributed by atoms with Gasteiger partial charge in [-0.25, -0.2) is 0 Å². The molecular formula is C21H23N5O4. The van der Waals surface area contributed by atoms with Crippen molar-refractivity contribution in [3.8, 4) is 23.0 Å². The van der Waals surface area contributed by atoms with Crippen LogP contribution in [0.1, 0.15) is 12.5 Å². The fourth-order valence-corrected chi connectivity index (χ4v) is 3.33. The lowest BCUT2D eigenvalue weighted by molar-refractivity contribution is -0.134. The highest BCUT2D eigenvalue weighted by Gasteiger charge is 2.21. The van der Waals surface area contributed by atoms with Gasteiger partial charge in [0.05, 0.1) is 12.8 Å². The molecule has 0 spiro atoms. The Morgan fingerprint density at radius 3 is 2.53 bits per heavy atom. The van der Waals surface area contributed by atoms with Crippen LogP contribution in [0.2, 0.25) is 0 Å². The Bertz CT molecular complexity index is 989. The maximum Gasteiger partial charge on any atom is 0.293 e. The third-order valence-corrected chi connectivity index (χ3v) is 4.99. The van der Waals surface area contributed by atoms with Crippen molar-refractivity contribution in [1.29, 1.82) is 0 Å². The highest BCUT2D eigenvalue weighted by Crippen LogP contribution is 2.23.